The van der Waals surface area contributed by atoms with E-state index in [1.165, 1.54) is 0 Å². The molecule has 0 atom stereocenters. The molecule has 1 amide bonds. The zero-order chi connectivity index (χ0) is 23.2. The van der Waals surface area contributed by atoms with Crippen LogP contribution < -0.4 is 15.6 Å². The Hall–Kier alpha value is -3.68. The summed E-state index contributed by atoms with van der Waals surface area (Å²) in [5.41, 5.74) is 1.73. The Kier molecular flexibility index (Phi) is 7.02. The average Bonchev–Trinajstić information content (AvgIpc) is 3.08. The van der Waals surface area contributed by atoms with Crippen LogP contribution in [0, 0.1) is 0 Å². The number of amides is 1. The van der Waals surface area contributed by atoms with Gasteiger partial charge in [-0.1, -0.05) is 18.6 Å². The van der Waals surface area contributed by atoms with E-state index < -0.39 is 5.97 Å². The number of hydrogen-bond acceptors (Lipinski definition) is 6. The highest BCUT2D eigenvalue weighted by Crippen LogP contribution is 2.17. The first kappa shape index (κ1) is 22.5. The third-order valence-corrected chi connectivity index (χ3v) is 5.78. The van der Waals surface area contributed by atoms with Gasteiger partial charge in [0.25, 0.3) is 11.5 Å². The van der Waals surface area contributed by atoms with E-state index in [-0.39, 0.29) is 23.6 Å². The minimum absolute atomic E-state index is 0.0759. The quantitative estimate of drug-likeness (QED) is 0.557. The van der Waals surface area contributed by atoms with Crippen LogP contribution in [0.15, 0.2) is 47.3 Å². The second-order valence-electron chi connectivity index (χ2n) is 8.05. The van der Waals surface area contributed by atoms with E-state index in [0.717, 1.165) is 42.8 Å². The van der Waals surface area contributed by atoms with Gasteiger partial charge in [0.2, 0.25) is 0 Å². The molecule has 0 unspecified atom stereocenters. The van der Waals surface area contributed by atoms with E-state index >= 15 is 0 Å². The molecule has 172 valence electrons. The standard InChI is InChI=1S/C25H27N3O5/c1-32-19-9-6-17(7-10-19)12-13-26-23(29)16-33-25(31)18-8-11-20-21(15-18)27-22-5-3-2-4-14-28(22)24(20)30/h6-11,15H,2-5,12-14,16H2,1H3,(H,26,29). The molecule has 3 aromatic rings. The van der Waals surface area contributed by atoms with E-state index in [2.05, 4.69) is 10.3 Å². The third-order valence-electron chi connectivity index (χ3n) is 5.78. The fraction of sp³-hybridized carbons (Fsp3) is 0.360. The van der Waals surface area contributed by atoms with Crippen molar-refractivity contribution in [1.29, 1.82) is 0 Å². The molecule has 1 N–H and O–H groups in total. The summed E-state index contributed by atoms with van der Waals surface area (Å²) in [5.74, 6) is 0.532. The van der Waals surface area contributed by atoms with Gasteiger partial charge in [0.05, 0.1) is 23.6 Å². The van der Waals surface area contributed by atoms with Gasteiger partial charge < -0.3 is 14.8 Å². The first-order chi connectivity index (χ1) is 16.0. The number of aryl methyl sites for hydroxylation is 1. The van der Waals surface area contributed by atoms with Gasteiger partial charge in [0.1, 0.15) is 11.6 Å². The first-order valence-electron chi connectivity index (χ1n) is 11.2. The highest BCUT2D eigenvalue weighted by Gasteiger charge is 2.16. The fourth-order valence-corrected chi connectivity index (χ4v) is 3.95. The number of fused-ring (bicyclic) bond motifs is 2. The Morgan fingerprint density at radius 3 is 2.70 bits per heavy atom. The highest BCUT2D eigenvalue weighted by atomic mass is 16.5. The van der Waals surface area contributed by atoms with Crippen molar-refractivity contribution >= 4 is 22.8 Å². The van der Waals surface area contributed by atoms with Crippen molar-refractivity contribution in [2.45, 2.75) is 38.6 Å². The summed E-state index contributed by atoms with van der Waals surface area (Å²) >= 11 is 0. The summed E-state index contributed by atoms with van der Waals surface area (Å²) < 4.78 is 12.0. The summed E-state index contributed by atoms with van der Waals surface area (Å²) in [5, 5.41) is 3.22. The molecule has 2 heterocycles. The SMILES string of the molecule is COc1ccc(CCNC(=O)COC(=O)c2ccc3c(=O)n4c(nc3c2)CCCCC4)cc1. The van der Waals surface area contributed by atoms with E-state index in [1.54, 1.807) is 29.9 Å². The number of hydrogen-bond donors (Lipinski definition) is 1. The molecule has 8 nitrogen and oxygen atoms in total. The molecule has 4 rings (SSSR count). The minimum atomic E-state index is -0.626. The highest BCUT2D eigenvalue weighted by molar-refractivity contribution is 5.95. The summed E-state index contributed by atoms with van der Waals surface area (Å²) in [6.07, 6.45) is 4.43. The molecule has 0 fully saturated rings. The molecule has 33 heavy (non-hydrogen) atoms. The molecule has 8 heteroatoms. The summed E-state index contributed by atoms with van der Waals surface area (Å²) in [6.45, 7) is 0.728. The Morgan fingerprint density at radius 2 is 1.91 bits per heavy atom. The van der Waals surface area contributed by atoms with E-state index in [4.69, 9.17) is 9.47 Å². The molecule has 0 saturated heterocycles. The van der Waals surface area contributed by atoms with Gasteiger partial charge in [0.15, 0.2) is 6.61 Å². The van der Waals surface area contributed by atoms with Gasteiger partial charge in [-0.05, 0) is 55.2 Å². The van der Waals surface area contributed by atoms with Crippen molar-refractivity contribution in [1.82, 2.24) is 14.9 Å². The lowest BCUT2D eigenvalue weighted by Gasteiger charge is -2.11. The van der Waals surface area contributed by atoms with Crippen LogP contribution in [0.4, 0.5) is 0 Å². The van der Waals surface area contributed by atoms with Crippen LogP contribution >= 0.6 is 0 Å². The van der Waals surface area contributed by atoms with Crippen molar-refractivity contribution in [3.05, 3.63) is 69.8 Å². The van der Waals surface area contributed by atoms with Crippen LogP contribution in [0.1, 0.15) is 41.0 Å². The molecule has 0 saturated carbocycles. The molecule has 2 aromatic carbocycles. The maximum Gasteiger partial charge on any atom is 0.338 e. The van der Waals surface area contributed by atoms with Crippen LogP contribution in [-0.4, -0.2) is 41.7 Å². The lowest BCUT2D eigenvalue weighted by atomic mass is 10.1. The van der Waals surface area contributed by atoms with Crippen LogP contribution in [0.2, 0.25) is 0 Å². The van der Waals surface area contributed by atoms with E-state index in [0.29, 0.717) is 30.4 Å². The Bertz CT molecular complexity index is 1220. The minimum Gasteiger partial charge on any atom is -0.497 e. The van der Waals surface area contributed by atoms with Crippen molar-refractivity contribution < 1.29 is 19.1 Å². The lowest BCUT2D eigenvalue weighted by Crippen LogP contribution is -2.30. The normalized spacial score (nSPS) is 13.1. The maximum atomic E-state index is 12.8. The number of carbonyl (C=O) groups excluding carboxylic acids is 2. The monoisotopic (exact) mass is 449 g/mol. The summed E-state index contributed by atoms with van der Waals surface area (Å²) in [6, 6.07) is 12.3. The molecule has 1 aliphatic heterocycles. The van der Waals surface area contributed by atoms with Crippen LogP contribution in [-0.2, 0) is 28.9 Å². The molecule has 0 radical (unpaired) electrons. The van der Waals surface area contributed by atoms with Gasteiger partial charge in [-0.2, -0.15) is 0 Å². The number of nitrogens with zero attached hydrogens (tertiary/aromatic N) is 2. The summed E-state index contributed by atoms with van der Waals surface area (Å²) in [7, 11) is 1.61. The van der Waals surface area contributed by atoms with Crippen molar-refractivity contribution in [3.8, 4) is 5.75 Å². The van der Waals surface area contributed by atoms with Crippen molar-refractivity contribution in [3.63, 3.8) is 0 Å². The molecule has 0 spiro atoms. The zero-order valence-corrected chi connectivity index (χ0v) is 18.6. The predicted molar refractivity (Wildman–Crippen MR) is 124 cm³/mol. The Balaban J connectivity index is 1.33. The number of nitrogens with one attached hydrogen (secondary N) is 1. The topological polar surface area (TPSA) is 99.5 Å². The van der Waals surface area contributed by atoms with E-state index in [9.17, 15) is 14.4 Å². The maximum absolute atomic E-state index is 12.8. The number of carbonyl (C=O) groups is 2. The number of ether oxygens (including phenoxy) is 2. The predicted octanol–water partition coefficient (Wildman–Crippen LogP) is 2.65. The lowest BCUT2D eigenvalue weighted by molar-refractivity contribution is -0.124. The molecule has 1 aromatic heterocycles. The number of esters is 1. The Labute approximate surface area is 191 Å². The van der Waals surface area contributed by atoms with Crippen LogP contribution in [0.3, 0.4) is 0 Å². The molecule has 0 bridgehead atoms. The van der Waals surface area contributed by atoms with Gasteiger partial charge in [-0.3, -0.25) is 14.2 Å². The van der Waals surface area contributed by atoms with Gasteiger partial charge in [-0.15, -0.1) is 0 Å². The second kappa shape index (κ2) is 10.3. The van der Waals surface area contributed by atoms with Crippen LogP contribution in [0.25, 0.3) is 10.9 Å². The Morgan fingerprint density at radius 1 is 1.09 bits per heavy atom. The largest absolute Gasteiger partial charge is 0.497 e. The van der Waals surface area contributed by atoms with Crippen molar-refractivity contribution in [2.75, 3.05) is 20.3 Å². The second-order valence-corrected chi connectivity index (χ2v) is 8.05. The number of methoxy groups -OCH3 is 1. The number of rotatable bonds is 7. The number of aromatic nitrogens is 2. The molecular formula is C25H27N3O5. The van der Waals surface area contributed by atoms with Gasteiger partial charge >= 0.3 is 5.97 Å². The third kappa shape index (κ3) is 5.39. The average molecular weight is 450 g/mol. The van der Waals surface area contributed by atoms with Crippen LogP contribution in [0.5, 0.6) is 5.75 Å². The zero-order valence-electron chi connectivity index (χ0n) is 18.6. The first-order valence-corrected chi connectivity index (χ1v) is 11.2. The van der Waals surface area contributed by atoms with Gasteiger partial charge in [0, 0.05) is 19.5 Å². The molecule has 1 aliphatic rings. The number of benzene rings is 2. The van der Waals surface area contributed by atoms with Crippen molar-refractivity contribution in [2.24, 2.45) is 0 Å². The molecule has 0 aliphatic carbocycles. The summed E-state index contributed by atoms with van der Waals surface area (Å²) in [4.78, 5) is 41.9. The van der Waals surface area contributed by atoms with E-state index in [1.807, 2.05) is 24.3 Å². The van der Waals surface area contributed by atoms with Gasteiger partial charge in [-0.25, -0.2) is 9.78 Å². The fourth-order valence-electron chi connectivity index (χ4n) is 3.95. The molecular weight excluding hydrogens is 422 g/mol. The smallest absolute Gasteiger partial charge is 0.338 e.